The zero-order valence-corrected chi connectivity index (χ0v) is 17.1. The van der Waals surface area contributed by atoms with Crippen LogP contribution >= 0.6 is 22.6 Å². The summed E-state index contributed by atoms with van der Waals surface area (Å²) >= 11 is 2.30. The van der Waals surface area contributed by atoms with Crippen molar-refractivity contribution in [3.05, 3.63) is 57.2 Å². The topological polar surface area (TPSA) is 35.9 Å². The zero-order valence-electron chi connectivity index (χ0n) is 14.9. The minimum atomic E-state index is 0.00900. The smallest absolute Gasteiger partial charge is 0.278 e. The second-order valence-electron chi connectivity index (χ2n) is 6.96. The molecule has 0 aliphatic carbocycles. The molecule has 134 valence electrons. The quantitative estimate of drug-likeness (QED) is 0.634. The Hall–Kier alpha value is -1.73. The highest BCUT2D eigenvalue weighted by molar-refractivity contribution is 14.1. The largest absolute Gasteiger partial charge is 0.293 e. The number of benzene rings is 2. The van der Waals surface area contributed by atoms with E-state index in [1.807, 2.05) is 48.2 Å². The standard InChI is InChI=1S/C21H22IN3O/c1-15-13-16(22)9-10-18(15)23-20-17-7-3-4-8-19(17)25(21(20)26)14-24-11-5-2-6-12-24/h3-4,7-10,13H,2,5-6,11-12,14H2,1H3. The lowest BCUT2D eigenvalue weighted by Crippen LogP contribution is -2.43. The van der Waals surface area contributed by atoms with Gasteiger partial charge >= 0.3 is 0 Å². The van der Waals surface area contributed by atoms with Gasteiger partial charge in [0.25, 0.3) is 5.91 Å². The number of rotatable bonds is 3. The number of amides is 1. The molecule has 0 bridgehead atoms. The SMILES string of the molecule is Cc1cc(I)ccc1N=C1C(=O)N(CN2CCCCC2)c2ccccc21. The molecular formula is C21H22IN3O. The van der Waals surface area contributed by atoms with E-state index in [4.69, 9.17) is 4.99 Å². The first-order valence-electron chi connectivity index (χ1n) is 9.12. The van der Waals surface area contributed by atoms with Gasteiger partial charge in [0.2, 0.25) is 0 Å². The van der Waals surface area contributed by atoms with E-state index in [-0.39, 0.29) is 5.91 Å². The number of aryl methyl sites for hydroxylation is 1. The first-order valence-corrected chi connectivity index (χ1v) is 10.2. The number of halogens is 1. The molecule has 0 aromatic heterocycles. The predicted octanol–water partition coefficient (Wildman–Crippen LogP) is 4.51. The molecule has 0 saturated carbocycles. The fraction of sp³-hybridized carbons (Fsp3) is 0.333. The van der Waals surface area contributed by atoms with Gasteiger partial charge in [0.05, 0.1) is 18.0 Å². The van der Waals surface area contributed by atoms with E-state index >= 15 is 0 Å². The van der Waals surface area contributed by atoms with E-state index in [0.29, 0.717) is 12.4 Å². The number of anilines is 1. The molecule has 2 aromatic rings. The fourth-order valence-corrected chi connectivity index (χ4v) is 4.32. The number of hydrogen-bond donors (Lipinski definition) is 0. The summed E-state index contributed by atoms with van der Waals surface area (Å²) in [4.78, 5) is 22.2. The number of hydrogen-bond acceptors (Lipinski definition) is 3. The van der Waals surface area contributed by atoms with Crippen LogP contribution in [-0.4, -0.2) is 36.3 Å². The minimum Gasteiger partial charge on any atom is -0.293 e. The Bertz CT molecular complexity index is 871. The van der Waals surface area contributed by atoms with Crippen molar-refractivity contribution in [1.82, 2.24) is 4.90 Å². The van der Waals surface area contributed by atoms with Gasteiger partial charge in [-0.2, -0.15) is 0 Å². The number of nitrogens with zero attached hydrogens (tertiary/aromatic N) is 3. The Morgan fingerprint density at radius 3 is 2.62 bits per heavy atom. The molecular weight excluding hydrogens is 437 g/mol. The highest BCUT2D eigenvalue weighted by Gasteiger charge is 2.34. The van der Waals surface area contributed by atoms with E-state index < -0.39 is 0 Å². The Morgan fingerprint density at radius 1 is 1.08 bits per heavy atom. The second kappa shape index (κ2) is 7.48. The molecule has 4 rings (SSSR count). The van der Waals surface area contributed by atoms with Crippen LogP contribution in [0.2, 0.25) is 0 Å². The molecule has 0 radical (unpaired) electrons. The maximum atomic E-state index is 13.2. The third-order valence-electron chi connectivity index (χ3n) is 5.08. The molecule has 2 aliphatic heterocycles. The fourth-order valence-electron chi connectivity index (χ4n) is 3.68. The van der Waals surface area contributed by atoms with Gasteiger partial charge in [0.15, 0.2) is 0 Å². The highest BCUT2D eigenvalue weighted by atomic mass is 127. The summed E-state index contributed by atoms with van der Waals surface area (Å²) in [5, 5.41) is 0. The van der Waals surface area contributed by atoms with Crippen LogP contribution in [0.15, 0.2) is 47.5 Å². The molecule has 2 aromatic carbocycles. The molecule has 4 nitrogen and oxygen atoms in total. The molecule has 1 saturated heterocycles. The Morgan fingerprint density at radius 2 is 1.85 bits per heavy atom. The van der Waals surface area contributed by atoms with Gasteiger partial charge in [-0.3, -0.25) is 14.6 Å². The summed E-state index contributed by atoms with van der Waals surface area (Å²) in [6, 6.07) is 14.1. The van der Waals surface area contributed by atoms with Crippen LogP contribution in [0.1, 0.15) is 30.4 Å². The van der Waals surface area contributed by atoms with Gasteiger partial charge in [0.1, 0.15) is 5.71 Å². The average molecular weight is 459 g/mol. The summed E-state index contributed by atoms with van der Waals surface area (Å²) in [6.07, 6.45) is 3.72. The summed E-state index contributed by atoms with van der Waals surface area (Å²) in [5.74, 6) is 0.00900. The number of fused-ring (bicyclic) bond motifs is 1. The number of carbonyl (C=O) groups excluding carboxylic acids is 1. The lowest BCUT2D eigenvalue weighted by atomic mass is 10.1. The molecule has 2 aliphatic rings. The number of aliphatic imine (C=N–C) groups is 1. The first kappa shape index (κ1) is 17.7. The van der Waals surface area contributed by atoms with Gasteiger partial charge in [0, 0.05) is 9.13 Å². The predicted molar refractivity (Wildman–Crippen MR) is 114 cm³/mol. The van der Waals surface area contributed by atoms with Crippen molar-refractivity contribution in [2.24, 2.45) is 4.99 Å². The summed E-state index contributed by atoms with van der Waals surface area (Å²) in [7, 11) is 0. The minimum absolute atomic E-state index is 0.00900. The first-order chi connectivity index (χ1) is 12.6. The lowest BCUT2D eigenvalue weighted by molar-refractivity contribution is -0.112. The van der Waals surface area contributed by atoms with Crippen LogP contribution in [0, 0.1) is 10.5 Å². The molecule has 0 N–H and O–H groups in total. The van der Waals surface area contributed by atoms with Gasteiger partial charge in [-0.1, -0.05) is 24.6 Å². The van der Waals surface area contributed by atoms with Crippen molar-refractivity contribution in [3.8, 4) is 0 Å². The van der Waals surface area contributed by atoms with E-state index in [9.17, 15) is 4.79 Å². The van der Waals surface area contributed by atoms with Crippen molar-refractivity contribution in [3.63, 3.8) is 0 Å². The maximum absolute atomic E-state index is 13.2. The molecule has 0 spiro atoms. The van der Waals surface area contributed by atoms with Crippen molar-refractivity contribution in [1.29, 1.82) is 0 Å². The van der Waals surface area contributed by atoms with Crippen molar-refractivity contribution in [2.75, 3.05) is 24.7 Å². The highest BCUT2D eigenvalue weighted by Crippen LogP contribution is 2.32. The number of carbonyl (C=O) groups is 1. The molecule has 26 heavy (non-hydrogen) atoms. The van der Waals surface area contributed by atoms with Crippen LogP contribution in [0.3, 0.4) is 0 Å². The Labute approximate surface area is 168 Å². The van der Waals surface area contributed by atoms with Crippen LogP contribution in [0.25, 0.3) is 0 Å². The second-order valence-corrected chi connectivity index (χ2v) is 8.21. The third kappa shape index (κ3) is 3.42. The van der Waals surface area contributed by atoms with E-state index in [2.05, 4.69) is 33.6 Å². The number of piperidine rings is 1. The third-order valence-corrected chi connectivity index (χ3v) is 5.75. The Kier molecular flexibility index (Phi) is 5.09. The van der Waals surface area contributed by atoms with Crippen LogP contribution in [-0.2, 0) is 4.79 Å². The molecule has 0 unspecified atom stereocenters. The van der Waals surface area contributed by atoms with E-state index in [1.54, 1.807) is 0 Å². The summed E-state index contributed by atoms with van der Waals surface area (Å²) < 4.78 is 1.17. The van der Waals surface area contributed by atoms with E-state index in [1.165, 1.54) is 22.8 Å². The summed E-state index contributed by atoms with van der Waals surface area (Å²) in [5.41, 5.74) is 4.42. The number of likely N-dealkylation sites (tertiary alicyclic amines) is 1. The van der Waals surface area contributed by atoms with Crippen LogP contribution in [0.4, 0.5) is 11.4 Å². The monoisotopic (exact) mass is 459 g/mol. The van der Waals surface area contributed by atoms with Gasteiger partial charge in [-0.15, -0.1) is 0 Å². The Balaban J connectivity index is 1.70. The summed E-state index contributed by atoms with van der Waals surface area (Å²) in [6.45, 7) is 4.82. The molecule has 1 amide bonds. The number of para-hydroxylation sites is 1. The van der Waals surface area contributed by atoms with Gasteiger partial charge in [-0.05, 0) is 85.3 Å². The normalized spacial score (nSPS) is 19.2. The molecule has 1 fully saturated rings. The van der Waals surface area contributed by atoms with Crippen molar-refractivity contribution < 1.29 is 4.79 Å². The van der Waals surface area contributed by atoms with Crippen molar-refractivity contribution in [2.45, 2.75) is 26.2 Å². The average Bonchev–Trinajstić information content (AvgIpc) is 2.91. The maximum Gasteiger partial charge on any atom is 0.278 e. The van der Waals surface area contributed by atoms with Crippen LogP contribution in [0.5, 0.6) is 0 Å². The van der Waals surface area contributed by atoms with E-state index in [0.717, 1.165) is 35.6 Å². The van der Waals surface area contributed by atoms with Gasteiger partial charge in [-0.25, -0.2) is 4.99 Å². The molecule has 2 heterocycles. The molecule has 0 atom stereocenters. The molecule has 5 heteroatoms. The van der Waals surface area contributed by atoms with Gasteiger partial charge < -0.3 is 0 Å². The lowest BCUT2D eigenvalue weighted by Gasteiger charge is -2.30. The van der Waals surface area contributed by atoms with Crippen LogP contribution < -0.4 is 4.90 Å². The zero-order chi connectivity index (χ0) is 18.1. The van der Waals surface area contributed by atoms with Crippen molar-refractivity contribution >= 4 is 45.6 Å².